The Morgan fingerprint density at radius 3 is 2.62 bits per heavy atom. The SMILES string of the molecule is CCOc1ccc(-n2c(SC(C)C(=O)N(C)C3CCS(=O)(=O)C3)nc3ccccc32)cc1. The monoisotopic (exact) mass is 473 g/mol. The molecule has 1 fully saturated rings. The standard InChI is InChI=1S/C23H27N3O4S2/c1-4-30-19-11-9-17(10-12-19)26-21-8-6-5-7-20(21)24-23(26)31-16(2)22(27)25(3)18-13-14-32(28,29)15-18/h5-12,16,18H,4,13-15H2,1-3H3. The zero-order chi connectivity index (χ0) is 22.9. The summed E-state index contributed by atoms with van der Waals surface area (Å²) in [7, 11) is -1.36. The number of benzene rings is 2. The van der Waals surface area contributed by atoms with Gasteiger partial charge in [-0.15, -0.1) is 0 Å². The molecule has 0 bridgehead atoms. The quantitative estimate of drug-likeness (QED) is 0.488. The van der Waals surface area contributed by atoms with Crippen LogP contribution in [0.5, 0.6) is 5.75 Å². The molecule has 9 heteroatoms. The molecule has 2 aromatic carbocycles. The molecule has 1 aromatic heterocycles. The molecule has 7 nitrogen and oxygen atoms in total. The number of hydrogen-bond donors (Lipinski definition) is 0. The fourth-order valence-electron chi connectivity index (χ4n) is 3.95. The van der Waals surface area contributed by atoms with E-state index in [4.69, 9.17) is 9.72 Å². The largest absolute Gasteiger partial charge is 0.494 e. The number of rotatable bonds is 7. The lowest BCUT2D eigenvalue weighted by molar-refractivity contribution is -0.130. The molecule has 0 spiro atoms. The number of para-hydroxylation sites is 2. The van der Waals surface area contributed by atoms with Gasteiger partial charge in [0.05, 0.1) is 34.4 Å². The maximum Gasteiger partial charge on any atom is 0.235 e. The topological polar surface area (TPSA) is 81.5 Å². The van der Waals surface area contributed by atoms with Crippen molar-refractivity contribution in [1.29, 1.82) is 0 Å². The van der Waals surface area contributed by atoms with Crippen LogP contribution in [0.1, 0.15) is 20.3 Å². The molecule has 1 saturated heterocycles. The van der Waals surface area contributed by atoms with Gasteiger partial charge in [-0.05, 0) is 56.7 Å². The van der Waals surface area contributed by atoms with E-state index >= 15 is 0 Å². The maximum atomic E-state index is 13.1. The van der Waals surface area contributed by atoms with Gasteiger partial charge in [-0.2, -0.15) is 0 Å². The highest BCUT2D eigenvalue weighted by Gasteiger charge is 2.34. The van der Waals surface area contributed by atoms with E-state index in [-0.39, 0.29) is 23.5 Å². The van der Waals surface area contributed by atoms with Crippen LogP contribution in [-0.4, -0.2) is 65.2 Å². The van der Waals surface area contributed by atoms with E-state index in [9.17, 15) is 13.2 Å². The van der Waals surface area contributed by atoms with Crippen LogP contribution in [0.4, 0.5) is 0 Å². The number of aromatic nitrogens is 2. The summed E-state index contributed by atoms with van der Waals surface area (Å²) in [4.78, 5) is 19.4. The van der Waals surface area contributed by atoms with Crippen LogP contribution in [0, 0.1) is 0 Å². The molecule has 1 aliphatic heterocycles. The molecule has 2 heterocycles. The van der Waals surface area contributed by atoms with E-state index in [1.165, 1.54) is 11.8 Å². The third-order valence-corrected chi connectivity index (χ3v) is 8.46. The summed E-state index contributed by atoms with van der Waals surface area (Å²) >= 11 is 1.38. The number of thioether (sulfide) groups is 1. The number of imidazole rings is 1. The summed E-state index contributed by atoms with van der Waals surface area (Å²) in [5.74, 6) is 0.885. The minimum atomic E-state index is -3.05. The van der Waals surface area contributed by atoms with Crippen LogP contribution in [0.2, 0.25) is 0 Å². The van der Waals surface area contributed by atoms with Crippen molar-refractivity contribution in [2.45, 2.75) is 36.7 Å². The predicted octanol–water partition coefficient (Wildman–Crippen LogP) is 3.55. The Labute approximate surface area is 192 Å². The fraction of sp³-hybridized carbons (Fsp3) is 0.391. The summed E-state index contributed by atoms with van der Waals surface area (Å²) in [6.45, 7) is 4.39. The zero-order valence-corrected chi connectivity index (χ0v) is 20.0. The minimum Gasteiger partial charge on any atom is -0.494 e. The molecule has 0 saturated carbocycles. The van der Waals surface area contributed by atoms with Crippen LogP contribution in [0.25, 0.3) is 16.7 Å². The first-order chi connectivity index (χ1) is 15.3. The number of amides is 1. The second-order valence-electron chi connectivity index (χ2n) is 7.91. The lowest BCUT2D eigenvalue weighted by Gasteiger charge is -2.26. The Morgan fingerprint density at radius 1 is 1.25 bits per heavy atom. The van der Waals surface area contributed by atoms with Crippen molar-refractivity contribution in [2.24, 2.45) is 0 Å². The van der Waals surface area contributed by atoms with E-state index in [0.29, 0.717) is 18.2 Å². The fourth-order valence-corrected chi connectivity index (χ4v) is 6.76. The highest BCUT2D eigenvalue weighted by molar-refractivity contribution is 8.00. The van der Waals surface area contributed by atoms with Gasteiger partial charge in [0.25, 0.3) is 0 Å². The molecule has 1 amide bonds. The van der Waals surface area contributed by atoms with Gasteiger partial charge in [-0.3, -0.25) is 9.36 Å². The molecule has 0 aliphatic carbocycles. The Hall–Kier alpha value is -2.52. The molecule has 170 valence electrons. The number of nitrogens with zero attached hydrogens (tertiary/aromatic N) is 3. The lowest BCUT2D eigenvalue weighted by atomic mass is 10.2. The van der Waals surface area contributed by atoms with Crippen molar-refractivity contribution in [3.63, 3.8) is 0 Å². The summed E-state index contributed by atoms with van der Waals surface area (Å²) in [5.41, 5.74) is 2.73. The molecular formula is C23H27N3O4S2. The van der Waals surface area contributed by atoms with Crippen molar-refractivity contribution in [3.8, 4) is 11.4 Å². The van der Waals surface area contributed by atoms with E-state index in [1.807, 2.05) is 66.9 Å². The van der Waals surface area contributed by atoms with Crippen LogP contribution in [-0.2, 0) is 14.6 Å². The van der Waals surface area contributed by atoms with Crippen LogP contribution >= 0.6 is 11.8 Å². The summed E-state index contributed by atoms with van der Waals surface area (Å²) < 4.78 is 31.3. The Bertz CT molecular complexity index is 1220. The number of hydrogen-bond acceptors (Lipinski definition) is 6. The van der Waals surface area contributed by atoms with E-state index in [2.05, 4.69) is 0 Å². The van der Waals surface area contributed by atoms with Gasteiger partial charge >= 0.3 is 0 Å². The second-order valence-corrected chi connectivity index (χ2v) is 11.4. The molecule has 0 radical (unpaired) electrons. The summed E-state index contributed by atoms with van der Waals surface area (Å²) in [5, 5.41) is 0.296. The molecule has 3 aromatic rings. The summed E-state index contributed by atoms with van der Waals surface area (Å²) in [6.07, 6.45) is 0.493. The van der Waals surface area contributed by atoms with E-state index < -0.39 is 15.1 Å². The molecule has 32 heavy (non-hydrogen) atoms. The summed E-state index contributed by atoms with van der Waals surface area (Å²) in [6, 6.07) is 15.4. The average Bonchev–Trinajstić information content (AvgIpc) is 3.32. The molecule has 0 N–H and O–H groups in total. The molecule has 2 atom stereocenters. The number of sulfone groups is 1. The molecule has 4 rings (SSSR count). The highest BCUT2D eigenvalue weighted by Crippen LogP contribution is 2.32. The van der Waals surface area contributed by atoms with Crippen molar-refractivity contribution in [2.75, 3.05) is 25.2 Å². The van der Waals surface area contributed by atoms with Gasteiger partial charge < -0.3 is 9.64 Å². The molecule has 1 aliphatic rings. The first-order valence-electron chi connectivity index (χ1n) is 10.6. The minimum absolute atomic E-state index is 0.0390. The average molecular weight is 474 g/mol. The van der Waals surface area contributed by atoms with E-state index in [1.54, 1.807) is 11.9 Å². The highest BCUT2D eigenvalue weighted by atomic mass is 32.2. The lowest BCUT2D eigenvalue weighted by Crippen LogP contribution is -2.41. The number of fused-ring (bicyclic) bond motifs is 1. The first-order valence-corrected chi connectivity index (χ1v) is 13.3. The molecular weight excluding hydrogens is 446 g/mol. The number of carbonyl (C=O) groups excluding carboxylic acids is 1. The Kier molecular flexibility index (Phi) is 6.48. The van der Waals surface area contributed by atoms with Gasteiger partial charge in [0, 0.05) is 18.8 Å². The van der Waals surface area contributed by atoms with Gasteiger partial charge in [0.1, 0.15) is 5.75 Å². The van der Waals surface area contributed by atoms with Gasteiger partial charge in [-0.25, -0.2) is 13.4 Å². The maximum absolute atomic E-state index is 13.1. The van der Waals surface area contributed by atoms with Crippen molar-refractivity contribution in [3.05, 3.63) is 48.5 Å². The second kappa shape index (κ2) is 9.15. The third kappa shape index (κ3) is 4.63. The Balaban J connectivity index is 1.61. The van der Waals surface area contributed by atoms with Gasteiger partial charge in [-0.1, -0.05) is 23.9 Å². The van der Waals surface area contributed by atoms with Crippen molar-refractivity contribution in [1.82, 2.24) is 14.5 Å². The van der Waals surface area contributed by atoms with Crippen LogP contribution in [0.3, 0.4) is 0 Å². The van der Waals surface area contributed by atoms with E-state index in [0.717, 1.165) is 22.5 Å². The van der Waals surface area contributed by atoms with Crippen molar-refractivity contribution >= 4 is 38.5 Å². The normalized spacial score (nSPS) is 18.5. The zero-order valence-electron chi connectivity index (χ0n) is 18.4. The molecule has 2 unspecified atom stereocenters. The van der Waals surface area contributed by atoms with Gasteiger partial charge in [0.15, 0.2) is 15.0 Å². The predicted molar refractivity (Wildman–Crippen MR) is 127 cm³/mol. The Morgan fingerprint density at radius 2 is 1.97 bits per heavy atom. The third-order valence-electron chi connectivity index (χ3n) is 5.67. The number of ether oxygens (including phenoxy) is 1. The smallest absolute Gasteiger partial charge is 0.235 e. The van der Waals surface area contributed by atoms with Crippen molar-refractivity contribution < 1.29 is 17.9 Å². The number of carbonyl (C=O) groups is 1. The van der Waals surface area contributed by atoms with Crippen LogP contribution in [0.15, 0.2) is 53.7 Å². The van der Waals surface area contributed by atoms with Crippen LogP contribution < -0.4 is 4.74 Å². The first kappa shape index (κ1) is 22.7. The van der Waals surface area contributed by atoms with Gasteiger partial charge in [0.2, 0.25) is 5.91 Å².